The van der Waals surface area contributed by atoms with E-state index in [0.717, 1.165) is 6.07 Å². The molecule has 2 aromatic rings. The number of benzene rings is 1. The molecule has 0 spiro atoms. The molecule has 2 rings (SSSR count). The zero-order valence-corrected chi connectivity index (χ0v) is 10.3. The maximum atomic E-state index is 13.9. The Labute approximate surface area is 109 Å². The van der Waals surface area contributed by atoms with Gasteiger partial charge in [0.15, 0.2) is 0 Å². The molecule has 1 N–H and O–H groups in total. The lowest BCUT2D eigenvalue weighted by Gasteiger charge is -2.11. The van der Waals surface area contributed by atoms with Crippen molar-refractivity contribution in [2.45, 2.75) is 19.6 Å². The summed E-state index contributed by atoms with van der Waals surface area (Å²) in [6.45, 7) is 1.75. The first-order valence-electron chi connectivity index (χ1n) is 5.75. The summed E-state index contributed by atoms with van der Waals surface area (Å²) in [6, 6.07) is 7.53. The third kappa shape index (κ3) is 2.63. The molecular weight excluding hydrogens is 251 g/mol. The molecular formula is C13H13FN2O3. The molecule has 6 heteroatoms. The van der Waals surface area contributed by atoms with Crippen molar-refractivity contribution in [3.8, 4) is 0 Å². The summed E-state index contributed by atoms with van der Waals surface area (Å²) >= 11 is 0. The second-order valence-electron chi connectivity index (χ2n) is 4.24. The monoisotopic (exact) mass is 264 g/mol. The Hall–Kier alpha value is -2.21. The summed E-state index contributed by atoms with van der Waals surface area (Å²) in [4.78, 5) is 9.92. The minimum atomic E-state index is -0.835. The molecule has 0 amide bonds. The fourth-order valence-electron chi connectivity index (χ4n) is 1.96. The molecule has 0 bridgehead atoms. The molecule has 0 saturated carbocycles. The molecule has 0 aliphatic heterocycles. The van der Waals surface area contributed by atoms with Gasteiger partial charge in [-0.3, -0.25) is 10.1 Å². The van der Waals surface area contributed by atoms with Crippen molar-refractivity contribution in [1.29, 1.82) is 0 Å². The van der Waals surface area contributed by atoms with Gasteiger partial charge in [-0.1, -0.05) is 12.1 Å². The molecule has 100 valence electrons. The normalized spacial score (nSPS) is 12.4. The van der Waals surface area contributed by atoms with Crippen LogP contribution in [0.1, 0.15) is 24.3 Å². The molecule has 1 aromatic heterocycles. The second-order valence-corrected chi connectivity index (χ2v) is 4.24. The van der Waals surface area contributed by atoms with Crippen LogP contribution in [0.25, 0.3) is 0 Å². The predicted octanol–water partition coefficient (Wildman–Crippen LogP) is 2.64. The fraction of sp³-hybridized carbons (Fsp3) is 0.231. The first-order chi connectivity index (χ1) is 9.00. The second kappa shape index (κ2) is 5.19. The highest BCUT2D eigenvalue weighted by Gasteiger charge is 2.18. The number of hydrogen-bond donors (Lipinski definition) is 1. The molecule has 1 heterocycles. The van der Waals surface area contributed by atoms with Crippen LogP contribution in [0.4, 0.5) is 10.1 Å². The van der Waals surface area contributed by atoms with E-state index in [9.17, 15) is 19.6 Å². The van der Waals surface area contributed by atoms with Crippen molar-refractivity contribution in [1.82, 2.24) is 4.57 Å². The zero-order chi connectivity index (χ0) is 14.0. The third-order valence-corrected chi connectivity index (χ3v) is 2.89. The van der Waals surface area contributed by atoms with Gasteiger partial charge in [-0.15, -0.1) is 0 Å². The average molecular weight is 264 g/mol. The van der Waals surface area contributed by atoms with Crippen LogP contribution >= 0.6 is 0 Å². The Morgan fingerprint density at radius 1 is 1.42 bits per heavy atom. The molecule has 0 fully saturated rings. The first-order valence-corrected chi connectivity index (χ1v) is 5.75. The van der Waals surface area contributed by atoms with E-state index in [4.69, 9.17) is 0 Å². The van der Waals surface area contributed by atoms with Crippen molar-refractivity contribution in [3.05, 3.63) is 63.7 Å². The summed E-state index contributed by atoms with van der Waals surface area (Å²) < 4.78 is 15.6. The number of rotatable bonds is 4. The van der Waals surface area contributed by atoms with Crippen LogP contribution in [0.15, 0.2) is 36.5 Å². The highest BCUT2D eigenvalue weighted by molar-refractivity contribution is 5.37. The van der Waals surface area contributed by atoms with Gasteiger partial charge >= 0.3 is 5.69 Å². The van der Waals surface area contributed by atoms with Crippen LogP contribution in [-0.4, -0.2) is 14.6 Å². The minimum absolute atomic E-state index is 0.140. The van der Waals surface area contributed by atoms with Crippen LogP contribution in [-0.2, 0) is 6.54 Å². The summed E-state index contributed by atoms with van der Waals surface area (Å²) in [6.07, 6.45) is 1.01. The molecule has 5 nitrogen and oxygen atoms in total. The minimum Gasteiger partial charge on any atom is -0.387 e. The van der Waals surface area contributed by atoms with Crippen molar-refractivity contribution in [2.24, 2.45) is 0 Å². The number of nitro benzene ring substituents is 1. The molecule has 19 heavy (non-hydrogen) atoms. The van der Waals surface area contributed by atoms with Gasteiger partial charge in [-0.2, -0.15) is 4.39 Å². The third-order valence-electron chi connectivity index (χ3n) is 2.89. The lowest BCUT2D eigenvalue weighted by atomic mass is 10.1. The largest absolute Gasteiger partial charge is 0.387 e. The number of nitrogens with zero attached hydrogens (tertiary/aromatic N) is 2. The number of hydrogen-bond acceptors (Lipinski definition) is 3. The van der Waals surface area contributed by atoms with Crippen LogP contribution in [0.2, 0.25) is 0 Å². The highest BCUT2D eigenvalue weighted by atomic mass is 19.1. The van der Waals surface area contributed by atoms with E-state index in [1.165, 1.54) is 12.1 Å². The van der Waals surface area contributed by atoms with Crippen molar-refractivity contribution < 1.29 is 14.4 Å². The van der Waals surface area contributed by atoms with Gasteiger partial charge in [0, 0.05) is 23.5 Å². The molecule has 1 atom stereocenters. The van der Waals surface area contributed by atoms with Crippen molar-refractivity contribution >= 4 is 5.69 Å². The Morgan fingerprint density at radius 3 is 2.79 bits per heavy atom. The van der Waals surface area contributed by atoms with Crippen molar-refractivity contribution in [2.75, 3.05) is 0 Å². The Bertz CT molecular complexity index is 608. The first kappa shape index (κ1) is 13.2. The van der Waals surface area contributed by atoms with Crippen LogP contribution in [0.5, 0.6) is 0 Å². The maximum absolute atomic E-state index is 13.9. The van der Waals surface area contributed by atoms with Crippen molar-refractivity contribution in [3.63, 3.8) is 0 Å². The van der Waals surface area contributed by atoms with E-state index in [1.54, 1.807) is 29.8 Å². The number of halogens is 1. The van der Waals surface area contributed by atoms with Gasteiger partial charge in [-0.25, -0.2) is 0 Å². The van der Waals surface area contributed by atoms with Gasteiger partial charge in [-0.05, 0) is 19.1 Å². The number of nitro groups is 1. The smallest absolute Gasteiger partial charge is 0.305 e. The topological polar surface area (TPSA) is 68.3 Å². The SMILES string of the molecule is CC(O)c1cccn1Cc1cccc([N+](=O)[O-])c1F. The molecule has 0 aliphatic carbocycles. The fourth-order valence-corrected chi connectivity index (χ4v) is 1.96. The van der Waals surface area contributed by atoms with Gasteiger partial charge in [0.05, 0.1) is 17.6 Å². The summed E-state index contributed by atoms with van der Waals surface area (Å²) in [5, 5.41) is 20.2. The van der Waals surface area contributed by atoms with Gasteiger partial charge in [0.25, 0.3) is 0 Å². The van der Waals surface area contributed by atoms with Gasteiger partial charge in [0.1, 0.15) is 0 Å². The molecule has 0 aliphatic rings. The molecule has 1 aromatic carbocycles. The summed E-state index contributed by atoms with van der Waals surface area (Å²) in [5.41, 5.74) is 0.307. The summed E-state index contributed by atoms with van der Waals surface area (Å²) in [5.74, 6) is -0.835. The van der Waals surface area contributed by atoms with E-state index in [0.29, 0.717) is 5.69 Å². The molecule has 1 unspecified atom stereocenters. The number of aliphatic hydroxyl groups excluding tert-OH is 1. The van der Waals surface area contributed by atoms with E-state index < -0.39 is 22.5 Å². The van der Waals surface area contributed by atoms with Gasteiger partial charge < -0.3 is 9.67 Å². The van der Waals surface area contributed by atoms with E-state index in [2.05, 4.69) is 0 Å². The zero-order valence-electron chi connectivity index (χ0n) is 10.3. The average Bonchev–Trinajstić information content (AvgIpc) is 2.79. The van der Waals surface area contributed by atoms with E-state index in [-0.39, 0.29) is 12.1 Å². The van der Waals surface area contributed by atoms with E-state index >= 15 is 0 Å². The quantitative estimate of drug-likeness (QED) is 0.681. The lowest BCUT2D eigenvalue weighted by molar-refractivity contribution is -0.387. The van der Waals surface area contributed by atoms with Crippen LogP contribution < -0.4 is 0 Å². The van der Waals surface area contributed by atoms with Crippen LogP contribution in [0.3, 0.4) is 0 Å². The summed E-state index contributed by atoms with van der Waals surface area (Å²) in [7, 11) is 0. The predicted molar refractivity (Wildman–Crippen MR) is 67.2 cm³/mol. The maximum Gasteiger partial charge on any atom is 0.305 e. The van der Waals surface area contributed by atoms with Crippen LogP contribution in [0, 0.1) is 15.9 Å². The van der Waals surface area contributed by atoms with E-state index in [1.807, 2.05) is 0 Å². The van der Waals surface area contributed by atoms with Gasteiger partial charge in [0.2, 0.25) is 5.82 Å². The standard InChI is InChI=1S/C13H13FN2O3/c1-9(17)11-6-3-7-15(11)8-10-4-2-5-12(13(10)14)16(18)19/h2-7,9,17H,8H2,1H3. The molecule has 0 saturated heterocycles. The molecule has 0 radical (unpaired) electrons. The highest BCUT2D eigenvalue weighted by Crippen LogP contribution is 2.22. The Kier molecular flexibility index (Phi) is 3.62. The number of aliphatic hydroxyl groups is 1. The lowest BCUT2D eigenvalue weighted by Crippen LogP contribution is -2.08. The Balaban J connectivity index is 2.36. The Morgan fingerprint density at radius 2 is 2.16 bits per heavy atom. The number of aromatic nitrogens is 1.